The molecule has 9 atom stereocenters. The van der Waals surface area contributed by atoms with Gasteiger partial charge in [0.25, 0.3) is 8.32 Å². The van der Waals surface area contributed by atoms with Gasteiger partial charge in [-0.1, -0.05) is 107 Å². The Bertz CT molecular complexity index is 1620. The summed E-state index contributed by atoms with van der Waals surface area (Å²) >= 11 is 0. The first-order valence-corrected chi connectivity index (χ1v) is 21.0. The van der Waals surface area contributed by atoms with Gasteiger partial charge in [-0.15, -0.1) is 0 Å². The van der Waals surface area contributed by atoms with Crippen molar-refractivity contribution in [1.29, 1.82) is 0 Å². The second-order valence-corrected chi connectivity index (χ2v) is 22.7. The van der Waals surface area contributed by atoms with Crippen LogP contribution in [0.25, 0.3) is 0 Å². The Balaban J connectivity index is 1.17. The molecule has 6 aliphatic rings. The van der Waals surface area contributed by atoms with Crippen molar-refractivity contribution in [3.05, 3.63) is 72.3 Å². The van der Waals surface area contributed by atoms with Gasteiger partial charge in [-0.05, 0) is 84.0 Å². The van der Waals surface area contributed by atoms with Crippen LogP contribution in [0, 0.1) is 40.4 Å². The molecular formula is C43H56O5Si. The third kappa shape index (κ3) is 4.72. The number of rotatable bonds is 4. The molecule has 8 rings (SSSR count). The minimum Gasteiger partial charge on any atom is -0.399 e. The predicted octanol–water partition coefficient (Wildman–Crippen LogP) is 7.80. The Hall–Kier alpha value is -2.38. The van der Waals surface area contributed by atoms with Crippen molar-refractivity contribution in [3.63, 3.8) is 0 Å². The second-order valence-electron chi connectivity index (χ2n) is 18.5. The molecule has 49 heavy (non-hydrogen) atoms. The summed E-state index contributed by atoms with van der Waals surface area (Å²) in [7, 11) is -2.92. The first-order chi connectivity index (χ1) is 23.2. The summed E-state index contributed by atoms with van der Waals surface area (Å²) in [5.74, 6) is 1.02. The third-order valence-corrected chi connectivity index (χ3v) is 19.7. The number of benzene rings is 2. The van der Waals surface area contributed by atoms with Crippen LogP contribution in [0.2, 0.25) is 5.04 Å². The quantitative estimate of drug-likeness (QED) is 0.244. The summed E-state index contributed by atoms with van der Waals surface area (Å²) < 4.78 is 22.3. The van der Waals surface area contributed by atoms with Crippen molar-refractivity contribution in [1.82, 2.24) is 0 Å². The number of ether oxygens (including phenoxy) is 2. The second kappa shape index (κ2) is 11.3. The van der Waals surface area contributed by atoms with E-state index in [0.717, 1.165) is 32.1 Å². The normalized spacial score (nSPS) is 39.9. The van der Waals surface area contributed by atoms with Gasteiger partial charge < -0.3 is 13.9 Å². The number of ketones is 2. The van der Waals surface area contributed by atoms with Crippen LogP contribution in [-0.4, -0.2) is 44.0 Å². The molecular weight excluding hydrogens is 625 g/mol. The van der Waals surface area contributed by atoms with Crippen LogP contribution < -0.4 is 10.4 Å². The smallest absolute Gasteiger partial charge is 0.261 e. The molecule has 0 radical (unpaired) electrons. The Morgan fingerprint density at radius 3 is 2.16 bits per heavy atom. The third-order valence-electron chi connectivity index (χ3n) is 14.6. The van der Waals surface area contributed by atoms with Crippen molar-refractivity contribution < 1.29 is 23.5 Å². The van der Waals surface area contributed by atoms with Gasteiger partial charge in [0.15, 0.2) is 5.79 Å². The zero-order valence-electron chi connectivity index (χ0n) is 30.7. The van der Waals surface area contributed by atoms with Crippen LogP contribution in [-0.2, 0) is 23.5 Å². The van der Waals surface area contributed by atoms with E-state index < -0.39 is 25.1 Å². The summed E-state index contributed by atoms with van der Waals surface area (Å²) in [5.41, 5.74) is 0.385. The highest BCUT2D eigenvalue weighted by Gasteiger charge is 2.71. The van der Waals surface area contributed by atoms with Gasteiger partial charge in [0.1, 0.15) is 17.7 Å². The fourth-order valence-electron chi connectivity index (χ4n) is 12.2. The van der Waals surface area contributed by atoms with E-state index in [1.165, 1.54) is 15.9 Å². The highest BCUT2D eigenvalue weighted by atomic mass is 28.4. The summed E-state index contributed by atoms with van der Waals surface area (Å²) in [6.45, 7) is 16.4. The van der Waals surface area contributed by atoms with E-state index in [1.807, 2.05) is 0 Å². The van der Waals surface area contributed by atoms with Gasteiger partial charge in [-0.2, -0.15) is 0 Å². The van der Waals surface area contributed by atoms with Gasteiger partial charge in [0, 0.05) is 31.6 Å². The lowest BCUT2D eigenvalue weighted by molar-refractivity contribution is -0.334. The maximum Gasteiger partial charge on any atom is 0.261 e. The summed E-state index contributed by atoms with van der Waals surface area (Å²) in [6, 6.07) is 21.7. The molecule has 0 aromatic heterocycles. The molecule has 0 amide bonds. The monoisotopic (exact) mass is 680 g/mol. The summed E-state index contributed by atoms with van der Waals surface area (Å²) in [5, 5.41) is 2.32. The first-order valence-electron chi connectivity index (χ1n) is 19.1. The summed E-state index contributed by atoms with van der Waals surface area (Å²) in [4.78, 5) is 27.3. The van der Waals surface area contributed by atoms with E-state index in [9.17, 15) is 9.59 Å². The van der Waals surface area contributed by atoms with Gasteiger partial charge >= 0.3 is 0 Å². The number of hydrogen-bond acceptors (Lipinski definition) is 5. The van der Waals surface area contributed by atoms with Crippen LogP contribution in [0.15, 0.2) is 72.3 Å². The zero-order chi connectivity index (χ0) is 34.6. The van der Waals surface area contributed by atoms with E-state index in [1.54, 1.807) is 0 Å². The Kier molecular flexibility index (Phi) is 7.79. The maximum absolute atomic E-state index is 14.8. The molecule has 2 aliphatic heterocycles. The number of fused-ring (bicyclic) bond motifs is 4. The standard InChI is InChI=1S/C43H56O5Si/c1-28-34-20-21-35-33-19-18-29-24-30(44)22-23-41(29,7)36(33)25-37(45)42(34,35)27-46-43(28)38(26-40(5,6)48-43)47-49(39(2,3)4,31-14-10-8-11-15-31)32-16-12-9-13-17-32/h8-17,21,28-29,33-34,36,38H,18-20,22-27H2,1-7H3/t28-,29-,33-,34+,36-,38+,41-,42+,43-/m0/s1. The van der Waals surface area contributed by atoms with Gasteiger partial charge in [0.05, 0.1) is 17.6 Å². The predicted molar refractivity (Wildman–Crippen MR) is 195 cm³/mol. The molecule has 6 heteroatoms. The van der Waals surface area contributed by atoms with E-state index in [-0.39, 0.29) is 28.4 Å². The lowest BCUT2D eigenvalue weighted by atomic mass is 9.44. The Labute approximate surface area is 294 Å². The van der Waals surface area contributed by atoms with E-state index in [0.29, 0.717) is 55.2 Å². The Morgan fingerprint density at radius 1 is 0.878 bits per heavy atom. The number of allylic oxidation sites excluding steroid dienone is 1. The molecule has 0 bridgehead atoms. The molecule has 2 heterocycles. The topological polar surface area (TPSA) is 61.8 Å². The van der Waals surface area contributed by atoms with Gasteiger partial charge in [-0.3, -0.25) is 9.59 Å². The van der Waals surface area contributed by atoms with E-state index in [2.05, 4.69) is 115 Å². The molecule has 2 aromatic rings. The number of Topliss-reactive ketones (excluding diaryl/α,β-unsaturated/α-hetero) is 2. The average Bonchev–Trinajstić information content (AvgIpc) is 3.59. The van der Waals surface area contributed by atoms with E-state index in [4.69, 9.17) is 13.9 Å². The van der Waals surface area contributed by atoms with Crippen molar-refractivity contribution in [2.24, 2.45) is 40.4 Å². The highest BCUT2D eigenvalue weighted by Crippen LogP contribution is 2.68. The van der Waals surface area contributed by atoms with Crippen molar-refractivity contribution in [3.8, 4) is 0 Å². The first kappa shape index (κ1) is 33.7. The van der Waals surface area contributed by atoms with Crippen LogP contribution in [0.1, 0.15) is 99.8 Å². The van der Waals surface area contributed by atoms with E-state index >= 15 is 0 Å². The maximum atomic E-state index is 14.8. The Morgan fingerprint density at radius 2 is 1.53 bits per heavy atom. The molecule has 2 spiro atoms. The lowest BCUT2D eigenvalue weighted by Gasteiger charge is -2.61. The fraction of sp³-hybridized carbons (Fsp3) is 0.628. The number of hydrogen-bond donors (Lipinski definition) is 0. The molecule has 3 saturated carbocycles. The lowest BCUT2D eigenvalue weighted by Crippen LogP contribution is -2.71. The van der Waals surface area contributed by atoms with Crippen molar-refractivity contribution in [2.45, 2.75) is 122 Å². The molecule has 5 fully saturated rings. The molecule has 262 valence electrons. The zero-order valence-corrected chi connectivity index (χ0v) is 31.7. The van der Waals surface area contributed by atoms with Gasteiger partial charge in [0.2, 0.25) is 0 Å². The molecule has 5 nitrogen and oxygen atoms in total. The van der Waals surface area contributed by atoms with Gasteiger partial charge in [-0.25, -0.2) is 0 Å². The molecule has 2 saturated heterocycles. The fourth-order valence-corrected chi connectivity index (χ4v) is 16.9. The molecule has 0 unspecified atom stereocenters. The van der Waals surface area contributed by atoms with Crippen molar-refractivity contribution in [2.75, 3.05) is 6.61 Å². The minimum atomic E-state index is -2.92. The van der Waals surface area contributed by atoms with Crippen LogP contribution in [0.5, 0.6) is 0 Å². The average molecular weight is 681 g/mol. The number of carbonyl (C=O) groups excluding carboxylic acids is 2. The summed E-state index contributed by atoms with van der Waals surface area (Å²) in [6.07, 6.45) is 8.81. The van der Waals surface area contributed by atoms with Crippen LogP contribution in [0.3, 0.4) is 0 Å². The highest BCUT2D eigenvalue weighted by molar-refractivity contribution is 6.99. The molecule has 2 aromatic carbocycles. The molecule has 0 N–H and O–H groups in total. The number of carbonyl (C=O) groups is 2. The molecule has 4 aliphatic carbocycles. The van der Waals surface area contributed by atoms with Crippen LogP contribution >= 0.6 is 0 Å². The minimum absolute atomic E-state index is 0.0419. The van der Waals surface area contributed by atoms with Crippen LogP contribution in [0.4, 0.5) is 0 Å². The van der Waals surface area contributed by atoms with Crippen molar-refractivity contribution >= 4 is 30.3 Å². The largest absolute Gasteiger partial charge is 0.399 e. The SMILES string of the molecule is C[C@H]1[C@H]2CC=C3[C@@H]4CC[C@H]5CC(=O)CC[C@]5(C)[C@H]4CC(=O)[C@@]32CO[C@]12OC(C)(C)C[C@H]2O[Si](c1ccccc1)(c1ccccc1)C(C)(C)C.